The van der Waals surface area contributed by atoms with E-state index in [9.17, 15) is 14.4 Å². The Morgan fingerprint density at radius 2 is 1.60 bits per heavy atom. The van der Waals surface area contributed by atoms with E-state index in [1.54, 1.807) is 0 Å². The monoisotopic (exact) mass is 408 g/mol. The minimum atomic E-state index is -0.717. The Morgan fingerprint density at radius 1 is 1.00 bits per heavy atom. The lowest BCUT2D eigenvalue weighted by atomic mass is 9.98. The molecule has 7 heteroatoms. The highest BCUT2D eigenvalue weighted by Gasteiger charge is 2.38. The van der Waals surface area contributed by atoms with Crippen molar-refractivity contribution in [2.75, 3.05) is 20.3 Å². The molecule has 1 fully saturated rings. The maximum atomic E-state index is 12.5. The standard InChI is InChI=1S/C23H24N2O5/c1-29-20(26)12-24-22(27)21(14-10-11-14)25-23(28)30-13-19-17-8-4-2-6-15(17)16-7-3-5-9-18(16)19/h2-9,14,19,21H,10-13H2,1H3,(H,24,27)(H,25,28)/t21-/m0/s1. The van der Waals surface area contributed by atoms with E-state index in [-0.39, 0.29) is 25.0 Å². The van der Waals surface area contributed by atoms with Gasteiger partial charge in [-0.15, -0.1) is 0 Å². The molecule has 0 heterocycles. The van der Waals surface area contributed by atoms with E-state index in [0.717, 1.165) is 35.1 Å². The Kier molecular flexibility index (Phi) is 5.70. The normalized spacial score (nSPS) is 15.5. The fraction of sp³-hybridized carbons (Fsp3) is 0.348. The van der Waals surface area contributed by atoms with Gasteiger partial charge in [-0.25, -0.2) is 4.79 Å². The molecule has 7 nitrogen and oxygen atoms in total. The number of alkyl carbamates (subject to hydrolysis) is 1. The predicted molar refractivity (Wildman–Crippen MR) is 110 cm³/mol. The number of rotatable bonds is 7. The molecule has 156 valence electrons. The Morgan fingerprint density at radius 3 is 2.17 bits per heavy atom. The highest BCUT2D eigenvalue weighted by atomic mass is 16.5. The van der Waals surface area contributed by atoms with Crippen molar-refractivity contribution in [1.82, 2.24) is 10.6 Å². The van der Waals surface area contributed by atoms with Crippen molar-refractivity contribution < 1.29 is 23.9 Å². The number of amides is 2. The number of esters is 1. The largest absolute Gasteiger partial charge is 0.468 e. The summed E-state index contributed by atoms with van der Waals surface area (Å²) in [5.74, 6) is -0.936. The molecule has 0 unspecified atom stereocenters. The summed E-state index contributed by atoms with van der Waals surface area (Å²) in [6.07, 6.45) is 1.06. The number of hydrogen-bond donors (Lipinski definition) is 2. The zero-order chi connectivity index (χ0) is 21.1. The van der Waals surface area contributed by atoms with Crippen LogP contribution in [0.2, 0.25) is 0 Å². The van der Waals surface area contributed by atoms with Crippen LogP contribution in [0.15, 0.2) is 48.5 Å². The molecular formula is C23H24N2O5. The maximum Gasteiger partial charge on any atom is 0.407 e. The molecule has 2 aromatic carbocycles. The summed E-state index contributed by atoms with van der Waals surface area (Å²) in [4.78, 5) is 36.1. The summed E-state index contributed by atoms with van der Waals surface area (Å²) in [7, 11) is 1.25. The van der Waals surface area contributed by atoms with Crippen molar-refractivity contribution in [2.24, 2.45) is 5.92 Å². The fourth-order valence-electron chi connectivity index (χ4n) is 3.94. The Labute approximate surface area is 174 Å². The lowest BCUT2D eigenvalue weighted by Gasteiger charge is -2.19. The third kappa shape index (κ3) is 4.15. The van der Waals surface area contributed by atoms with Crippen LogP contribution in [-0.4, -0.2) is 44.3 Å². The van der Waals surface area contributed by atoms with E-state index < -0.39 is 24.0 Å². The summed E-state index contributed by atoms with van der Waals surface area (Å²) in [6.45, 7) is -0.0497. The minimum absolute atomic E-state index is 0.0457. The summed E-state index contributed by atoms with van der Waals surface area (Å²) in [5, 5.41) is 5.17. The van der Waals surface area contributed by atoms with Gasteiger partial charge in [-0.05, 0) is 41.0 Å². The highest BCUT2D eigenvalue weighted by Crippen LogP contribution is 2.44. The summed E-state index contributed by atoms with van der Waals surface area (Å²) in [6, 6.07) is 15.5. The molecule has 1 saturated carbocycles. The first-order chi connectivity index (χ1) is 14.6. The molecule has 1 atom stereocenters. The number of benzene rings is 2. The third-order valence-electron chi connectivity index (χ3n) is 5.63. The van der Waals surface area contributed by atoms with Gasteiger partial charge in [0.25, 0.3) is 0 Å². The third-order valence-corrected chi connectivity index (χ3v) is 5.63. The van der Waals surface area contributed by atoms with Crippen LogP contribution < -0.4 is 10.6 Å². The SMILES string of the molecule is COC(=O)CNC(=O)[C@@H](NC(=O)OCC1c2ccccc2-c2ccccc21)C1CC1. The van der Waals surface area contributed by atoms with E-state index in [4.69, 9.17) is 4.74 Å². The van der Waals surface area contributed by atoms with Crippen molar-refractivity contribution in [3.05, 3.63) is 59.7 Å². The average Bonchev–Trinajstić information content (AvgIpc) is 3.56. The van der Waals surface area contributed by atoms with Crippen molar-refractivity contribution in [3.8, 4) is 11.1 Å². The van der Waals surface area contributed by atoms with E-state index in [2.05, 4.69) is 39.6 Å². The van der Waals surface area contributed by atoms with Crippen LogP contribution in [0.5, 0.6) is 0 Å². The fourth-order valence-corrected chi connectivity index (χ4v) is 3.94. The summed E-state index contributed by atoms with van der Waals surface area (Å²) in [5.41, 5.74) is 4.56. The van der Waals surface area contributed by atoms with Crippen LogP contribution in [0.25, 0.3) is 11.1 Å². The summed E-state index contributed by atoms with van der Waals surface area (Å²) >= 11 is 0. The van der Waals surface area contributed by atoms with Crippen LogP contribution in [0.4, 0.5) is 4.79 Å². The average molecular weight is 408 g/mol. The van der Waals surface area contributed by atoms with Gasteiger partial charge in [0.1, 0.15) is 19.2 Å². The van der Waals surface area contributed by atoms with Gasteiger partial charge < -0.3 is 20.1 Å². The molecule has 2 amide bonds. The smallest absolute Gasteiger partial charge is 0.407 e. The predicted octanol–water partition coefficient (Wildman–Crippen LogP) is 2.59. The first-order valence-corrected chi connectivity index (χ1v) is 10.0. The maximum absolute atomic E-state index is 12.5. The van der Waals surface area contributed by atoms with Gasteiger partial charge in [0, 0.05) is 5.92 Å². The van der Waals surface area contributed by atoms with Crippen molar-refractivity contribution in [2.45, 2.75) is 24.8 Å². The molecule has 0 aromatic heterocycles. The summed E-state index contributed by atoms with van der Waals surface area (Å²) < 4.78 is 10.0. The van der Waals surface area contributed by atoms with Crippen LogP contribution >= 0.6 is 0 Å². The molecule has 4 rings (SSSR count). The number of ether oxygens (including phenoxy) is 2. The van der Waals surface area contributed by atoms with Crippen LogP contribution in [0.1, 0.15) is 29.9 Å². The molecule has 30 heavy (non-hydrogen) atoms. The van der Waals surface area contributed by atoms with Gasteiger partial charge in [-0.2, -0.15) is 0 Å². The molecule has 0 radical (unpaired) electrons. The molecule has 2 aromatic rings. The molecule has 0 bridgehead atoms. The number of nitrogens with one attached hydrogen (secondary N) is 2. The first-order valence-electron chi connectivity index (χ1n) is 10.0. The Bertz CT molecular complexity index is 924. The molecule has 2 aliphatic rings. The van der Waals surface area contributed by atoms with Gasteiger partial charge in [-0.1, -0.05) is 48.5 Å². The Balaban J connectivity index is 1.38. The second-order valence-corrected chi connectivity index (χ2v) is 7.58. The first kappa shape index (κ1) is 19.9. The number of carbonyl (C=O) groups excluding carboxylic acids is 3. The molecular weight excluding hydrogens is 384 g/mol. The zero-order valence-electron chi connectivity index (χ0n) is 16.7. The molecule has 2 N–H and O–H groups in total. The van der Waals surface area contributed by atoms with E-state index in [1.165, 1.54) is 7.11 Å². The zero-order valence-corrected chi connectivity index (χ0v) is 16.7. The van der Waals surface area contributed by atoms with Crippen molar-refractivity contribution in [1.29, 1.82) is 0 Å². The van der Waals surface area contributed by atoms with Gasteiger partial charge in [0.15, 0.2) is 0 Å². The van der Waals surface area contributed by atoms with E-state index >= 15 is 0 Å². The number of fused-ring (bicyclic) bond motifs is 3. The van der Waals surface area contributed by atoms with Crippen LogP contribution in [0, 0.1) is 5.92 Å². The molecule has 0 aliphatic heterocycles. The minimum Gasteiger partial charge on any atom is -0.468 e. The van der Waals surface area contributed by atoms with Crippen molar-refractivity contribution >= 4 is 18.0 Å². The van der Waals surface area contributed by atoms with Gasteiger partial charge in [-0.3, -0.25) is 9.59 Å². The lowest BCUT2D eigenvalue weighted by molar-refractivity contribution is -0.141. The highest BCUT2D eigenvalue weighted by molar-refractivity contribution is 5.89. The van der Waals surface area contributed by atoms with E-state index in [0.29, 0.717) is 0 Å². The second kappa shape index (κ2) is 8.57. The van der Waals surface area contributed by atoms with Crippen LogP contribution in [-0.2, 0) is 19.1 Å². The van der Waals surface area contributed by atoms with Crippen LogP contribution in [0.3, 0.4) is 0 Å². The second-order valence-electron chi connectivity index (χ2n) is 7.58. The molecule has 0 spiro atoms. The number of hydrogen-bond acceptors (Lipinski definition) is 5. The number of methoxy groups -OCH3 is 1. The van der Waals surface area contributed by atoms with E-state index in [1.807, 2.05) is 24.3 Å². The molecule has 0 saturated heterocycles. The quantitative estimate of drug-likeness (QED) is 0.687. The Hall–Kier alpha value is -3.35. The van der Waals surface area contributed by atoms with Gasteiger partial charge in [0.05, 0.1) is 7.11 Å². The topological polar surface area (TPSA) is 93.7 Å². The number of carbonyl (C=O) groups is 3. The lowest BCUT2D eigenvalue weighted by Crippen LogP contribution is -2.49. The van der Waals surface area contributed by atoms with Gasteiger partial charge >= 0.3 is 12.1 Å². The molecule has 2 aliphatic carbocycles. The van der Waals surface area contributed by atoms with Crippen molar-refractivity contribution in [3.63, 3.8) is 0 Å². The van der Waals surface area contributed by atoms with Gasteiger partial charge in [0.2, 0.25) is 5.91 Å².